The van der Waals surface area contributed by atoms with Crippen LogP contribution >= 0.6 is 0 Å². The Bertz CT molecular complexity index is 902. The minimum atomic E-state index is -0.527. The Hall–Kier alpha value is -3.61. The average Bonchev–Trinajstić information content (AvgIpc) is 3.07. The molecular formula is C18H16N4O3. The Morgan fingerprint density at radius 2 is 1.76 bits per heavy atom. The van der Waals surface area contributed by atoms with Gasteiger partial charge >= 0.3 is 0 Å². The predicted octanol–water partition coefficient (Wildman–Crippen LogP) is 2.23. The van der Waals surface area contributed by atoms with E-state index in [1.54, 1.807) is 23.0 Å². The highest BCUT2D eigenvalue weighted by Gasteiger charge is 2.18. The van der Waals surface area contributed by atoms with E-state index < -0.39 is 11.8 Å². The van der Waals surface area contributed by atoms with Gasteiger partial charge in [-0.2, -0.15) is 5.10 Å². The summed E-state index contributed by atoms with van der Waals surface area (Å²) in [5.74, 6) is -0.588. The number of carbonyl (C=O) groups excluding carboxylic acids is 2. The summed E-state index contributed by atoms with van der Waals surface area (Å²) in [5.41, 5.74) is 7.05. The van der Waals surface area contributed by atoms with E-state index in [2.05, 4.69) is 10.4 Å². The number of nitrogens with two attached hydrogens (primary N) is 1. The van der Waals surface area contributed by atoms with Crippen LogP contribution in [0.2, 0.25) is 0 Å². The third-order valence-corrected chi connectivity index (χ3v) is 3.56. The number of anilines is 1. The van der Waals surface area contributed by atoms with Crippen molar-refractivity contribution in [2.45, 2.75) is 0 Å². The van der Waals surface area contributed by atoms with Crippen molar-refractivity contribution in [1.82, 2.24) is 9.78 Å². The first-order valence-corrected chi connectivity index (χ1v) is 7.49. The highest BCUT2D eigenvalue weighted by molar-refractivity contribution is 6.05. The Kier molecular flexibility index (Phi) is 4.47. The van der Waals surface area contributed by atoms with Gasteiger partial charge in [-0.15, -0.1) is 0 Å². The molecule has 2 amide bonds. The number of hydrogen-bond donors (Lipinski definition) is 2. The smallest absolute Gasteiger partial charge is 0.280 e. The molecule has 126 valence electrons. The van der Waals surface area contributed by atoms with Crippen LogP contribution in [0.5, 0.6) is 5.75 Å². The van der Waals surface area contributed by atoms with Crippen molar-refractivity contribution in [2.75, 3.05) is 12.4 Å². The number of methoxy groups -OCH3 is 1. The molecule has 7 heteroatoms. The van der Waals surface area contributed by atoms with E-state index in [-0.39, 0.29) is 5.69 Å². The molecule has 1 aromatic heterocycles. The average molecular weight is 336 g/mol. The van der Waals surface area contributed by atoms with Gasteiger partial charge in [0.15, 0.2) is 11.4 Å². The normalized spacial score (nSPS) is 10.3. The van der Waals surface area contributed by atoms with E-state index in [9.17, 15) is 9.59 Å². The van der Waals surface area contributed by atoms with Crippen LogP contribution in [0.15, 0.2) is 60.8 Å². The molecule has 2 aromatic carbocycles. The molecule has 25 heavy (non-hydrogen) atoms. The molecule has 1 heterocycles. The molecule has 0 fully saturated rings. The number of amides is 2. The van der Waals surface area contributed by atoms with Crippen LogP contribution < -0.4 is 15.8 Å². The van der Waals surface area contributed by atoms with Gasteiger partial charge in [-0.25, -0.2) is 4.68 Å². The number of primary amides is 1. The second-order valence-corrected chi connectivity index (χ2v) is 5.22. The van der Waals surface area contributed by atoms with E-state index in [0.717, 1.165) is 5.69 Å². The molecule has 3 N–H and O–H groups in total. The van der Waals surface area contributed by atoms with Crippen LogP contribution in [0.25, 0.3) is 5.69 Å². The summed E-state index contributed by atoms with van der Waals surface area (Å²) >= 11 is 0. The number of ether oxygens (including phenoxy) is 1. The van der Waals surface area contributed by atoms with Crippen LogP contribution in [-0.4, -0.2) is 28.7 Å². The third-order valence-electron chi connectivity index (χ3n) is 3.56. The van der Waals surface area contributed by atoms with Crippen molar-refractivity contribution in [3.8, 4) is 11.4 Å². The van der Waals surface area contributed by atoms with Gasteiger partial charge in [0.25, 0.3) is 5.91 Å². The van der Waals surface area contributed by atoms with Crippen molar-refractivity contribution >= 4 is 17.5 Å². The van der Waals surface area contributed by atoms with Gasteiger partial charge in [0.2, 0.25) is 5.91 Å². The summed E-state index contributed by atoms with van der Waals surface area (Å²) in [5, 5.41) is 7.02. The quantitative estimate of drug-likeness (QED) is 0.746. The standard InChI is InChI=1S/C18H16N4O3/c1-25-15-11-22(14-5-3-2-4-6-14)21-16(15)18(24)20-13-9-7-12(8-10-13)17(19)23/h2-11H,1H3,(H2,19,23)(H,20,24). The Morgan fingerprint density at radius 3 is 2.36 bits per heavy atom. The van der Waals surface area contributed by atoms with E-state index >= 15 is 0 Å². The zero-order valence-electron chi connectivity index (χ0n) is 13.5. The van der Waals surface area contributed by atoms with Gasteiger partial charge in [-0.05, 0) is 36.4 Å². The van der Waals surface area contributed by atoms with Crippen molar-refractivity contribution in [2.24, 2.45) is 5.73 Å². The van der Waals surface area contributed by atoms with Crippen LogP contribution in [0.4, 0.5) is 5.69 Å². The molecule has 0 aliphatic heterocycles. The van der Waals surface area contributed by atoms with Gasteiger partial charge in [0, 0.05) is 11.3 Å². The number of aromatic nitrogens is 2. The van der Waals surface area contributed by atoms with Crippen molar-refractivity contribution < 1.29 is 14.3 Å². The number of carbonyl (C=O) groups is 2. The molecule has 0 radical (unpaired) electrons. The molecule has 0 unspecified atom stereocenters. The van der Waals surface area contributed by atoms with Crippen molar-refractivity contribution in [1.29, 1.82) is 0 Å². The van der Waals surface area contributed by atoms with E-state index in [0.29, 0.717) is 17.0 Å². The second kappa shape index (κ2) is 6.88. The summed E-state index contributed by atoms with van der Waals surface area (Å²) in [6.45, 7) is 0. The lowest BCUT2D eigenvalue weighted by atomic mass is 10.2. The van der Waals surface area contributed by atoms with E-state index in [4.69, 9.17) is 10.5 Å². The third kappa shape index (κ3) is 3.50. The van der Waals surface area contributed by atoms with Gasteiger partial charge in [-0.1, -0.05) is 18.2 Å². The topological polar surface area (TPSA) is 99.2 Å². The van der Waals surface area contributed by atoms with Crippen LogP contribution in [0.3, 0.4) is 0 Å². The molecule has 0 saturated heterocycles. The molecule has 0 bridgehead atoms. The molecule has 3 aromatic rings. The summed E-state index contributed by atoms with van der Waals surface area (Å²) < 4.78 is 6.82. The van der Waals surface area contributed by atoms with Gasteiger partial charge in [0.1, 0.15) is 0 Å². The molecule has 7 nitrogen and oxygen atoms in total. The summed E-state index contributed by atoms with van der Waals surface area (Å²) in [7, 11) is 1.48. The van der Waals surface area contributed by atoms with Crippen molar-refractivity contribution in [3.05, 3.63) is 72.1 Å². The van der Waals surface area contributed by atoms with Gasteiger partial charge < -0.3 is 15.8 Å². The number of para-hydroxylation sites is 1. The van der Waals surface area contributed by atoms with Crippen LogP contribution in [0, 0.1) is 0 Å². The fourth-order valence-corrected chi connectivity index (χ4v) is 2.29. The summed E-state index contributed by atoms with van der Waals surface area (Å²) in [4.78, 5) is 23.6. The molecule has 0 aliphatic rings. The Balaban J connectivity index is 1.84. The lowest BCUT2D eigenvalue weighted by Gasteiger charge is -2.05. The molecular weight excluding hydrogens is 320 g/mol. The highest BCUT2D eigenvalue weighted by atomic mass is 16.5. The van der Waals surface area contributed by atoms with Crippen LogP contribution in [-0.2, 0) is 0 Å². The lowest BCUT2D eigenvalue weighted by Crippen LogP contribution is -2.15. The highest BCUT2D eigenvalue weighted by Crippen LogP contribution is 2.21. The minimum absolute atomic E-state index is 0.158. The number of hydrogen-bond acceptors (Lipinski definition) is 4. The van der Waals surface area contributed by atoms with Gasteiger partial charge in [0.05, 0.1) is 19.0 Å². The van der Waals surface area contributed by atoms with E-state index in [1.807, 2.05) is 30.3 Å². The molecule has 0 saturated carbocycles. The molecule has 0 aliphatic carbocycles. The number of nitrogens with one attached hydrogen (secondary N) is 1. The maximum Gasteiger partial charge on any atom is 0.280 e. The lowest BCUT2D eigenvalue weighted by molar-refractivity contribution is 0.0997. The fourth-order valence-electron chi connectivity index (χ4n) is 2.29. The molecule has 3 rings (SSSR count). The first kappa shape index (κ1) is 16.3. The maximum atomic E-state index is 12.5. The Morgan fingerprint density at radius 1 is 1.08 bits per heavy atom. The second-order valence-electron chi connectivity index (χ2n) is 5.22. The maximum absolute atomic E-state index is 12.5. The minimum Gasteiger partial charge on any atom is -0.493 e. The van der Waals surface area contributed by atoms with E-state index in [1.165, 1.54) is 19.2 Å². The number of nitrogens with zero attached hydrogens (tertiary/aromatic N) is 2. The zero-order chi connectivity index (χ0) is 17.8. The number of benzene rings is 2. The summed E-state index contributed by atoms with van der Waals surface area (Å²) in [6.07, 6.45) is 1.64. The van der Waals surface area contributed by atoms with Gasteiger partial charge in [-0.3, -0.25) is 9.59 Å². The fraction of sp³-hybridized carbons (Fsp3) is 0.0556. The molecule has 0 spiro atoms. The zero-order valence-corrected chi connectivity index (χ0v) is 13.5. The van der Waals surface area contributed by atoms with Crippen molar-refractivity contribution in [3.63, 3.8) is 0 Å². The predicted molar refractivity (Wildman–Crippen MR) is 93.0 cm³/mol. The first-order valence-electron chi connectivity index (χ1n) is 7.49. The first-order chi connectivity index (χ1) is 12.1. The largest absolute Gasteiger partial charge is 0.493 e. The summed E-state index contributed by atoms with van der Waals surface area (Å²) in [6, 6.07) is 15.7. The molecule has 0 atom stereocenters. The Labute approximate surface area is 144 Å². The monoisotopic (exact) mass is 336 g/mol. The SMILES string of the molecule is COc1cn(-c2ccccc2)nc1C(=O)Nc1ccc(C(N)=O)cc1. The van der Waals surface area contributed by atoms with Crippen LogP contribution in [0.1, 0.15) is 20.8 Å². The number of rotatable bonds is 5.